The second-order valence-corrected chi connectivity index (χ2v) is 5.06. The van der Waals surface area contributed by atoms with Crippen LogP contribution in [0.5, 0.6) is 0 Å². The van der Waals surface area contributed by atoms with Gasteiger partial charge in [0, 0.05) is 13.2 Å². The molecule has 2 aromatic rings. The lowest BCUT2D eigenvalue weighted by Crippen LogP contribution is -2.20. The maximum Gasteiger partial charge on any atom is 0.253 e. The molecule has 0 saturated heterocycles. The Bertz CT molecular complexity index is 714. The molecule has 102 valence electrons. The monoisotopic (exact) mass is 268 g/mol. The first kappa shape index (κ1) is 12.6. The average molecular weight is 268 g/mol. The lowest BCUT2D eigenvalue weighted by atomic mass is 10.1. The summed E-state index contributed by atoms with van der Waals surface area (Å²) in [4.78, 5) is 12.2. The van der Waals surface area contributed by atoms with E-state index >= 15 is 0 Å². The van der Waals surface area contributed by atoms with Gasteiger partial charge >= 0.3 is 0 Å². The molecule has 1 aliphatic rings. The van der Waals surface area contributed by atoms with E-state index in [1.807, 2.05) is 39.1 Å². The summed E-state index contributed by atoms with van der Waals surface area (Å²) in [7, 11) is 1.85. The topological polar surface area (TPSA) is 50.5 Å². The van der Waals surface area contributed by atoms with E-state index in [1.54, 1.807) is 10.9 Å². The van der Waals surface area contributed by atoms with Gasteiger partial charge in [0.15, 0.2) is 0 Å². The van der Waals surface area contributed by atoms with Crippen LogP contribution in [0.4, 0.5) is 5.69 Å². The summed E-state index contributed by atoms with van der Waals surface area (Å²) < 4.78 is 1.73. The zero-order valence-corrected chi connectivity index (χ0v) is 11.8. The molecule has 5 nitrogen and oxygen atoms in total. The number of aromatic nitrogens is 2. The third kappa shape index (κ3) is 2.01. The Morgan fingerprint density at radius 3 is 2.65 bits per heavy atom. The molecule has 0 N–H and O–H groups in total. The standard InChI is InChI=1S/C15H16N4O/c1-10-4-5-13(11(2)8-10)19-15(20)9-12(17-19)14-6-7-16-18(14)3/h4-8H,9H2,1-3H3. The van der Waals surface area contributed by atoms with Crippen LogP contribution in [-0.4, -0.2) is 21.4 Å². The number of carbonyl (C=O) groups excluding carboxylic acids is 1. The van der Waals surface area contributed by atoms with Crippen LogP contribution >= 0.6 is 0 Å². The quantitative estimate of drug-likeness (QED) is 0.838. The molecule has 0 spiro atoms. The number of amides is 1. The Morgan fingerprint density at radius 1 is 1.20 bits per heavy atom. The van der Waals surface area contributed by atoms with Crippen molar-refractivity contribution in [1.29, 1.82) is 0 Å². The van der Waals surface area contributed by atoms with E-state index in [1.165, 1.54) is 10.6 Å². The second kappa shape index (κ2) is 4.59. The number of aryl methyl sites for hydroxylation is 3. The molecule has 0 atom stereocenters. The van der Waals surface area contributed by atoms with Crippen LogP contribution < -0.4 is 5.01 Å². The molecule has 0 saturated carbocycles. The number of hydrazone groups is 1. The Labute approximate surface area is 117 Å². The van der Waals surface area contributed by atoms with Crippen LogP contribution in [-0.2, 0) is 11.8 Å². The summed E-state index contributed by atoms with van der Waals surface area (Å²) in [6, 6.07) is 7.86. The van der Waals surface area contributed by atoms with Gasteiger partial charge in [0.25, 0.3) is 5.91 Å². The molecule has 3 rings (SSSR count). The fourth-order valence-corrected chi connectivity index (χ4v) is 2.46. The highest BCUT2D eigenvalue weighted by atomic mass is 16.2. The van der Waals surface area contributed by atoms with Crippen LogP contribution in [0.25, 0.3) is 0 Å². The minimum absolute atomic E-state index is 0.00634. The Morgan fingerprint density at radius 2 is 2.00 bits per heavy atom. The maximum atomic E-state index is 12.2. The molecule has 0 fully saturated rings. The Kier molecular flexibility index (Phi) is 2.89. The molecule has 1 aliphatic heterocycles. The number of anilines is 1. The zero-order chi connectivity index (χ0) is 14.3. The highest BCUT2D eigenvalue weighted by Crippen LogP contribution is 2.26. The van der Waals surface area contributed by atoms with Gasteiger partial charge in [-0.2, -0.15) is 15.2 Å². The van der Waals surface area contributed by atoms with E-state index < -0.39 is 0 Å². The first-order valence-corrected chi connectivity index (χ1v) is 6.52. The molecular formula is C15H16N4O. The largest absolute Gasteiger partial charge is 0.272 e. The summed E-state index contributed by atoms with van der Waals surface area (Å²) in [5.41, 5.74) is 4.71. The highest BCUT2D eigenvalue weighted by Gasteiger charge is 2.28. The van der Waals surface area contributed by atoms with Gasteiger partial charge in [-0.3, -0.25) is 9.48 Å². The first-order valence-electron chi connectivity index (χ1n) is 6.52. The molecular weight excluding hydrogens is 252 g/mol. The van der Waals surface area contributed by atoms with Gasteiger partial charge in [-0.15, -0.1) is 0 Å². The summed E-state index contributed by atoms with van der Waals surface area (Å²) in [6.07, 6.45) is 2.02. The van der Waals surface area contributed by atoms with Crippen molar-refractivity contribution in [2.75, 3.05) is 5.01 Å². The molecule has 1 amide bonds. The van der Waals surface area contributed by atoms with E-state index in [-0.39, 0.29) is 5.91 Å². The van der Waals surface area contributed by atoms with Crippen LogP contribution in [0.1, 0.15) is 23.2 Å². The summed E-state index contributed by atoms with van der Waals surface area (Å²) in [6.45, 7) is 4.03. The normalized spacial score (nSPS) is 14.8. The van der Waals surface area contributed by atoms with E-state index in [0.717, 1.165) is 22.7 Å². The van der Waals surface area contributed by atoms with Gasteiger partial charge in [-0.25, -0.2) is 0 Å². The van der Waals surface area contributed by atoms with Crippen LogP contribution in [0.15, 0.2) is 35.6 Å². The molecule has 5 heteroatoms. The van der Waals surface area contributed by atoms with Crippen molar-refractivity contribution in [2.45, 2.75) is 20.3 Å². The molecule has 0 unspecified atom stereocenters. The number of hydrogen-bond donors (Lipinski definition) is 0. The summed E-state index contributed by atoms with van der Waals surface area (Å²) in [5.74, 6) is -0.00634. The number of rotatable bonds is 2. The highest BCUT2D eigenvalue weighted by molar-refractivity contribution is 6.18. The van der Waals surface area contributed by atoms with Gasteiger partial charge in [-0.1, -0.05) is 17.7 Å². The third-order valence-corrected chi connectivity index (χ3v) is 3.47. The molecule has 20 heavy (non-hydrogen) atoms. The predicted octanol–water partition coefficient (Wildman–Crippen LogP) is 2.18. The van der Waals surface area contributed by atoms with Gasteiger partial charge in [-0.05, 0) is 31.5 Å². The van der Waals surface area contributed by atoms with Crippen molar-refractivity contribution in [1.82, 2.24) is 9.78 Å². The lowest BCUT2D eigenvalue weighted by Gasteiger charge is -2.14. The predicted molar refractivity (Wildman–Crippen MR) is 77.8 cm³/mol. The van der Waals surface area contributed by atoms with Gasteiger partial charge < -0.3 is 0 Å². The van der Waals surface area contributed by atoms with Crippen molar-refractivity contribution in [3.05, 3.63) is 47.3 Å². The van der Waals surface area contributed by atoms with Crippen molar-refractivity contribution >= 4 is 17.3 Å². The Hall–Kier alpha value is -2.43. The van der Waals surface area contributed by atoms with Crippen molar-refractivity contribution in [3.63, 3.8) is 0 Å². The molecule has 0 bridgehead atoms. The number of benzene rings is 1. The van der Waals surface area contributed by atoms with E-state index in [4.69, 9.17) is 0 Å². The number of nitrogens with zero attached hydrogens (tertiary/aromatic N) is 4. The van der Waals surface area contributed by atoms with E-state index in [9.17, 15) is 4.79 Å². The van der Waals surface area contributed by atoms with E-state index in [2.05, 4.69) is 16.3 Å². The minimum atomic E-state index is -0.00634. The average Bonchev–Trinajstić information content (AvgIpc) is 2.96. The fraction of sp³-hybridized carbons (Fsp3) is 0.267. The fourth-order valence-electron chi connectivity index (χ4n) is 2.46. The van der Waals surface area contributed by atoms with Crippen LogP contribution in [0, 0.1) is 13.8 Å². The first-order chi connectivity index (χ1) is 9.56. The van der Waals surface area contributed by atoms with E-state index in [0.29, 0.717) is 6.42 Å². The van der Waals surface area contributed by atoms with Gasteiger partial charge in [0.05, 0.1) is 23.5 Å². The summed E-state index contributed by atoms with van der Waals surface area (Å²) >= 11 is 0. The van der Waals surface area contributed by atoms with Crippen molar-refractivity contribution in [3.8, 4) is 0 Å². The molecule has 0 radical (unpaired) electrons. The minimum Gasteiger partial charge on any atom is -0.272 e. The summed E-state index contributed by atoms with van der Waals surface area (Å²) in [5, 5.41) is 10.1. The number of hydrogen-bond acceptors (Lipinski definition) is 3. The smallest absolute Gasteiger partial charge is 0.253 e. The molecule has 0 aliphatic carbocycles. The number of carbonyl (C=O) groups is 1. The van der Waals surface area contributed by atoms with Gasteiger partial charge in [0.2, 0.25) is 0 Å². The SMILES string of the molecule is Cc1ccc(N2N=C(c3ccnn3C)CC2=O)c(C)c1. The van der Waals surface area contributed by atoms with Crippen LogP contribution in [0.3, 0.4) is 0 Å². The zero-order valence-electron chi connectivity index (χ0n) is 11.8. The molecule has 1 aromatic carbocycles. The maximum absolute atomic E-state index is 12.2. The van der Waals surface area contributed by atoms with Gasteiger partial charge in [0.1, 0.15) is 0 Å². The molecule has 2 heterocycles. The van der Waals surface area contributed by atoms with Crippen molar-refractivity contribution in [2.24, 2.45) is 12.1 Å². The van der Waals surface area contributed by atoms with Crippen molar-refractivity contribution < 1.29 is 4.79 Å². The lowest BCUT2D eigenvalue weighted by molar-refractivity contribution is -0.116. The van der Waals surface area contributed by atoms with Crippen LogP contribution in [0.2, 0.25) is 0 Å². The Balaban J connectivity index is 2.00. The third-order valence-electron chi connectivity index (χ3n) is 3.47. The molecule has 1 aromatic heterocycles. The second-order valence-electron chi connectivity index (χ2n) is 5.06.